The average Bonchev–Trinajstić information content (AvgIpc) is 2.59. The number of benzene rings is 1. The third-order valence-corrected chi connectivity index (χ3v) is 4.52. The second-order valence-corrected chi connectivity index (χ2v) is 7.68. The Morgan fingerprint density at radius 1 is 1.07 bits per heavy atom. The zero-order valence-corrected chi connectivity index (χ0v) is 20.3. The lowest BCUT2D eigenvalue weighted by molar-refractivity contribution is 0.0205. The quantitative estimate of drug-likeness (QED) is 0.332. The molecule has 27 heavy (non-hydrogen) atoms. The van der Waals surface area contributed by atoms with Crippen LogP contribution in [0.15, 0.2) is 29.3 Å². The summed E-state index contributed by atoms with van der Waals surface area (Å²) in [4.78, 5) is 6.52. The predicted molar refractivity (Wildman–Crippen MR) is 124 cm³/mol. The number of aliphatic imine (C=N–C) groups is 1. The monoisotopic (exact) mass is 492 g/mol. The van der Waals surface area contributed by atoms with Gasteiger partial charge in [-0.3, -0.25) is 4.99 Å². The number of rotatable bonds is 8. The van der Waals surface area contributed by atoms with E-state index in [0.29, 0.717) is 6.54 Å². The summed E-state index contributed by atoms with van der Waals surface area (Å²) in [6.45, 7) is 7.96. The molecule has 1 aromatic rings. The maximum Gasteiger partial charge on any atom is 0.191 e. The lowest BCUT2D eigenvalue weighted by atomic mass is 9.89. The molecule has 0 bridgehead atoms. The highest BCUT2D eigenvalue weighted by molar-refractivity contribution is 14.0. The zero-order chi connectivity index (χ0) is 19.7. The van der Waals surface area contributed by atoms with Gasteiger partial charge in [0.15, 0.2) is 5.96 Å². The summed E-state index contributed by atoms with van der Waals surface area (Å²) in [5.74, 6) is 1.64. The molecule has 2 unspecified atom stereocenters. The largest absolute Gasteiger partial charge is 0.497 e. The third kappa shape index (κ3) is 8.66. The molecule has 0 aliphatic rings. The number of guanidine groups is 1. The van der Waals surface area contributed by atoms with Crippen LogP contribution in [0.4, 0.5) is 0 Å². The molecule has 1 aromatic carbocycles. The molecule has 0 spiro atoms. The molecule has 0 aliphatic heterocycles. The van der Waals surface area contributed by atoms with Gasteiger partial charge in [0.2, 0.25) is 0 Å². The molecule has 0 aliphatic carbocycles. The van der Waals surface area contributed by atoms with Crippen molar-refractivity contribution < 1.29 is 9.47 Å². The number of halogens is 1. The summed E-state index contributed by atoms with van der Waals surface area (Å²) in [5, 5.41) is 6.79. The van der Waals surface area contributed by atoms with Crippen LogP contribution in [-0.2, 0) is 4.74 Å². The topological polar surface area (TPSA) is 58.1 Å². The van der Waals surface area contributed by atoms with Crippen LogP contribution in [-0.4, -0.2) is 65.4 Å². The summed E-state index contributed by atoms with van der Waals surface area (Å²) >= 11 is 0. The van der Waals surface area contributed by atoms with E-state index in [0.717, 1.165) is 18.3 Å². The summed E-state index contributed by atoms with van der Waals surface area (Å²) < 4.78 is 10.8. The Morgan fingerprint density at radius 3 is 2.04 bits per heavy atom. The summed E-state index contributed by atoms with van der Waals surface area (Å²) in [5.41, 5.74) is 1.29. The minimum atomic E-state index is 0. The van der Waals surface area contributed by atoms with E-state index in [9.17, 15) is 0 Å². The second-order valence-electron chi connectivity index (χ2n) is 7.68. The van der Waals surface area contributed by atoms with Crippen LogP contribution in [0.2, 0.25) is 0 Å². The molecule has 0 heterocycles. The number of methoxy groups -OCH3 is 2. The van der Waals surface area contributed by atoms with Gasteiger partial charge in [-0.25, -0.2) is 0 Å². The van der Waals surface area contributed by atoms with Gasteiger partial charge in [0, 0.05) is 27.2 Å². The van der Waals surface area contributed by atoms with E-state index in [1.165, 1.54) is 5.56 Å². The van der Waals surface area contributed by atoms with Crippen LogP contribution in [0.5, 0.6) is 5.75 Å². The van der Waals surface area contributed by atoms with Crippen molar-refractivity contribution in [3.05, 3.63) is 29.8 Å². The van der Waals surface area contributed by atoms with E-state index < -0.39 is 0 Å². The Labute approximate surface area is 182 Å². The Morgan fingerprint density at radius 2 is 1.63 bits per heavy atom. The fourth-order valence-corrected chi connectivity index (χ4v) is 2.77. The zero-order valence-electron chi connectivity index (χ0n) is 18.0. The summed E-state index contributed by atoms with van der Waals surface area (Å²) in [6, 6.07) is 8.40. The van der Waals surface area contributed by atoms with Gasteiger partial charge >= 0.3 is 0 Å². The maximum absolute atomic E-state index is 5.60. The van der Waals surface area contributed by atoms with Crippen molar-refractivity contribution >= 4 is 29.9 Å². The van der Waals surface area contributed by atoms with Crippen molar-refractivity contribution in [1.82, 2.24) is 15.5 Å². The fourth-order valence-electron chi connectivity index (χ4n) is 2.77. The first-order valence-electron chi connectivity index (χ1n) is 9.00. The summed E-state index contributed by atoms with van der Waals surface area (Å²) in [6.07, 6.45) is 0.104. The van der Waals surface area contributed by atoms with E-state index in [2.05, 4.69) is 67.5 Å². The van der Waals surface area contributed by atoms with E-state index >= 15 is 0 Å². The highest BCUT2D eigenvalue weighted by Crippen LogP contribution is 2.22. The molecule has 0 saturated carbocycles. The van der Waals surface area contributed by atoms with Gasteiger partial charge in [-0.2, -0.15) is 0 Å². The van der Waals surface area contributed by atoms with Crippen LogP contribution < -0.4 is 15.4 Å². The first-order valence-corrected chi connectivity index (χ1v) is 9.00. The minimum absolute atomic E-state index is 0. The number of likely N-dealkylation sites (N-methyl/N-ethyl adjacent to an activating group) is 1. The number of nitrogens with one attached hydrogen (secondary N) is 2. The van der Waals surface area contributed by atoms with Gasteiger partial charge in [-0.05, 0) is 37.2 Å². The van der Waals surface area contributed by atoms with Crippen molar-refractivity contribution in [1.29, 1.82) is 0 Å². The molecule has 0 amide bonds. The molecule has 7 heteroatoms. The smallest absolute Gasteiger partial charge is 0.191 e. The molecule has 2 N–H and O–H groups in total. The molecule has 0 fully saturated rings. The van der Waals surface area contributed by atoms with Gasteiger partial charge in [-0.15, -0.1) is 24.0 Å². The molecular formula is C20H37IN4O2. The van der Waals surface area contributed by atoms with E-state index in [1.54, 1.807) is 21.3 Å². The van der Waals surface area contributed by atoms with Crippen LogP contribution in [0.1, 0.15) is 32.4 Å². The SMILES string of the molecule is CN=C(NCC(c1ccc(OC)cc1)N(C)C)NCC(OC)C(C)(C)C.I. The average molecular weight is 492 g/mol. The Balaban J connectivity index is 0.00000676. The van der Waals surface area contributed by atoms with E-state index in [1.807, 2.05) is 12.1 Å². The number of hydrogen-bond donors (Lipinski definition) is 2. The van der Waals surface area contributed by atoms with Gasteiger partial charge in [-0.1, -0.05) is 32.9 Å². The first-order chi connectivity index (χ1) is 12.2. The van der Waals surface area contributed by atoms with Crippen molar-refractivity contribution in [2.24, 2.45) is 10.4 Å². The molecule has 1 rings (SSSR count). The van der Waals surface area contributed by atoms with Crippen LogP contribution >= 0.6 is 24.0 Å². The van der Waals surface area contributed by atoms with Crippen molar-refractivity contribution in [3.8, 4) is 5.75 Å². The summed E-state index contributed by atoms with van der Waals surface area (Å²) in [7, 11) is 9.37. The highest BCUT2D eigenvalue weighted by atomic mass is 127. The molecule has 156 valence electrons. The molecule has 6 nitrogen and oxygen atoms in total. The van der Waals surface area contributed by atoms with E-state index in [-0.39, 0.29) is 41.5 Å². The maximum atomic E-state index is 5.60. The van der Waals surface area contributed by atoms with E-state index in [4.69, 9.17) is 9.47 Å². The van der Waals surface area contributed by atoms with Gasteiger partial charge in [0.1, 0.15) is 5.75 Å². The van der Waals surface area contributed by atoms with Crippen molar-refractivity contribution in [2.45, 2.75) is 32.9 Å². The molecule has 0 saturated heterocycles. The minimum Gasteiger partial charge on any atom is -0.497 e. The van der Waals surface area contributed by atoms with Crippen LogP contribution in [0, 0.1) is 5.41 Å². The highest BCUT2D eigenvalue weighted by Gasteiger charge is 2.24. The van der Waals surface area contributed by atoms with Gasteiger partial charge in [0.25, 0.3) is 0 Å². The second kappa shape index (κ2) is 12.4. The fraction of sp³-hybridized carbons (Fsp3) is 0.650. The normalized spacial score (nSPS) is 14.3. The molecular weight excluding hydrogens is 455 g/mol. The van der Waals surface area contributed by atoms with Crippen molar-refractivity contribution in [3.63, 3.8) is 0 Å². The number of nitrogens with zero attached hydrogens (tertiary/aromatic N) is 2. The van der Waals surface area contributed by atoms with Crippen LogP contribution in [0.3, 0.4) is 0 Å². The Hall–Kier alpha value is -1.06. The lowest BCUT2D eigenvalue weighted by Crippen LogP contribution is -2.47. The first kappa shape index (κ1) is 25.9. The molecule has 2 atom stereocenters. The predicted octanol–water partition coefficient (Wildman–Crippen LogP) is 3.14. The number of ether oxygens (including phenoxy) is 2. The van der Waals surface area contributed by atoms with Crippen LogP contribution in [0.25, 0.3) is 0 Å². The standard InChI is InChI=1S/C20H36N4O2.HI/c1-20(2,3)18(26-8)14-23-19(21-4)22-13-17(24(5)6)15-9-11-16(25-7)12-10-15;/h9-12,17-18H,13-14H2,1-8H3,(H2,21,22,23);1H. The van der Waals surface area contributed by atoms with Gasteiger partial charge < -0.3 is 25.0 Å². The van der Waals surface area contributed by atoms with Gasteiger partial charge in [0.05, 0.1) is 19.3 Å². The van der Waals surface area contributed by atoms with Crippen molar-refractivity contribution in [2.75, 3.05) is 48.5 Å². The number of hydrogen-bond acceptors (Lipinski definition) is 4. The third-order valence-electron chi connectivity index (χ3n) is 4.52. The molecule has 0 aromatic heterocycles. The molecule has 0 radical (unpaired) electrons. The Kier molecular flexibility index (Phi) is 11.9. The lowest BCUT2D eigenvalue weighted by Gasteiger charge is -2.30. The Bertz CT molecular complexity index is 556.